The van der Waals surface area contributed by atoms with Gasteiger partial charge in [-0.05, 0) is 55.3 Å². The van der Waals surface area contributed by atoms with Gasteiger partial charge in [0.2, 0.25) is 0 Å². The average molecular weight is 336 g/mol. The molecule has 0 radical (unpaired) electrons. The lowest BCUT2D eigenvalue weighted by Crippen LogP contribution is -2.32. The number of carbonyl (C=O) groups excluding carboxylic acids is 1. The predicted molar refractivity (Wildman–Crippen MR) is 95.6 cm³/mol. The zero-order chi connectivity index (χ0) is 16.8. The molecule has 2 N–H and O–H groups in total. The summed E-state index contributed by atoms with van der Waals surface area (Å²) in [6.07, 6.45) is 6.54. The molecule has 5 nitrogen and oxygen atoms in total. The number of nitrogens with zero attached hydrogens (tertiary/aromatic N) is 2. The van der Waals surface area contributed by atoms with Crippen molar-refractivity contribution in [3.05, 3.63) is 53.3 Å². The van der Waals surface area contributed by atoms with Crippen molar-refractivity contribution < 1.29 is 4.79 Å². The number of nitrogens with one attached hydrogen (secondary N) is 2. The molecule has 1 saturated heterocycles. The summed E-state index contributed by atoms with van der Waals surface area (Å²) in [6.45, 7) is 2.02. The van der Waals surface area contributed by atoms with E-state index in [0.717, 1.165) is 32.4 Å². The van der Waals surface area contributed by atoms with Gasteiger partial charge in [-0.3, -0.25) is 9.48 Å². The van der Waals surface area contributed by atoms with E-state index in [-0.39, 0.29) is 11.9 Å². The summed E-state index contributed by atoms with van der Waals surface area (Å²) in [6, 6.07) is 11.2. The van der Waals surface area contributed by atoms with Crippen molar-refractivity contribution in [1.29, 1.82) is 0 Å². The van der Waals surface area contributed by atoms with Gasteiger partial charge in [-0.15, -0.1) is 0 Å². The molecule has 3 aliphatic rings. The van der Waals surface area contributed by atoms with Gasteiger partial charge in [-0.2, -0.15) is 5.10 Å². The molecule has 1 aromatic heterocycles. The molecule has 1 aliphatic heterocycles. The van der Waals surface area contributed by atoms with Gasteiger partial charge in [-0.25, -0.2) is 0 Å². The van der Waals surface area contributed by atoms with E-state index >= 15 is 0 Å². The Morgan fingerprint density at radius 2 is 2.16 bits per heavy atom. The van der Waals surface area contributed by atoms with Crippen LogP contribution in [-0.4, -0.2) is 34.8 Å². The van der Waals surface area contributed by atoms with Gasteiger partial charge in [0.1, 0.15) is 5.69 Å². The molecule has 2 fully saturated rings. The van der Waals surface area contributed by atoms with Crippen LogP contribution in [-0.2, 0) is 6.42 Å². The fourth-order valence-corrected chi connectivity index (χ4v) is 4.71. The molecule has 4 unspecified atom stereocenters. The Hall–Kier alpha value is -2.14. The van der Waals surface area contributed by atoms with Crippen molar-refractivity contribution >= 4 is 5.91 Å². The third kappa shape index (κ3) is 2.67. The zero-order valence-corrected chi connectivity index (χ0v) is 14.3. The van der Waals surface area contributed by atoms with Crippen LogP contribution < -0.4 is 10.6 Å². The molecule has 1 aromatic carbocycles. The van der Waals surface area contributed by atoms with Gasteiger partial charge in [0, 0.05) is 24.7 Å². The van der Waals surface area contributed by atoms with Crippen molar-refractivity contribution in [3.63, 3.8) is 0 Å². The minimum atomic E-state index is -0.0283. The van der Waals surface area contributed by atoms with E-state index in [2.05, 4.69) is 40.0 Å². The normalized spacial score (nSPS) is 30.2. The quantitative estimate of drug-likeness (QED) is 0.904. The number of aromatic nitrogens is 2. The van der Waals surface area contributed by atoms with Crippen LogP contribution in [0.2, 0.25) is 0 Å². The molecule has 5 heteroatoms. The van der Waals surface area contributed by atoms with Gasteiger partial charge in [0.15, 0.2) is 0 Å². The highest BCUT2D eigenvalue weighted by Crippen LogP contribution is 2.54. The molecular weight excluding hydrogens is 312 g/mol. The molecule has 2 heterocycles. The molecule has 1 saturated carbocycles. The number of rotatable bonds is 3. The molecule has 130 valence electrons. The number of carbonyl (C=O) groups is 1. The van der Waals surface area contributed by atoms with Crippen LogP contribution in [0.3, 0.4) is 0 Å². The Morgan fingerprint density at radius 3 is 3.04 bits per heavy atom. The fourth-order valence-electron chi connectivity index (χ4n) is 4.71. The number of fused-ring (bicyclic) bond motifs is 3. The van der Waals surface area contributed by atoms with Crippen molar-refractivity contribution in [2.45, 2.75) is 43.7 Å². The lowest BCUT2D eigenvalue weighted by molar-refractivity contribution is 0.0942. The molecule has 4 atom stereocenters. The molecule has 2 aliphatic carbocycles. The maximum absolute atomic E-state index is 12.6. The summed E-state index contributed by atoms with van der Waals surface area (Å²) < 4.78 is 1.95. The van der Waals surface area contributed by atoms with Crippen LogP contribution in [0.5, 0.6) is 0 Å². The molecule has 2 aromatic rings. The van der Waals surface area contributed by atoms with E-state index in [0.29, 0.717) is 23.6 Å². The molecule has 0 spiro atoms. The monoisotopic (exact) mass is 336 g/mol. The van der Waals surface area contributed by atoms with E-state index in [1.165, 1.54) is 17.5 Å². The van der Waals surface area contributed by atoms with E-state index in [1.807, 2.05) is 16.9 Å². The smallest absolute Gasteiger partial charge is 0.272 e. The van der Waals surface area contributed by atoms with Crippen molar-refractivity contribution in [1.82, 2.24) is 20.4 Å². The van der Waals surface area contributed by atoms with Crippen LogP contribution in [0.4, 0.5) is 0 Å². The predicted octanol–water partition coefficient (Wildman–Crippen LogP) is 2.27. The summed E-state index contributed by atoms with van der Waals surface area (Å²) in [4.78, 5) is 12.6. The van der Waals surface area contributed by atoms with Crippen LogP contribution in [0.15, 0.2) is 36.5 Å². The average Bonchev–Trinajstić information content (AvgIpc) is 3.14. The van der Waals surface area contributed by atoms with Gasteiger partial charge in [0.25, 0.3) is 5.91 Å². The number of hydrogen-bond acceptors (Lipinski definition) is 3. The minimum Gasteiger partial charge on any atom is -0.347 e. The Balaban J connectivity index is 1.27. The highest BCUT2D eigenvalue weighted by Gasteiger charge is 2.53. The molecule has 1 amide bonds. The maximum Gasteiger partial charge on any atom is 0.272 e. The molecular formula is C20H24N4O. The summed E-state index contributed by atoms with van der Waals surface area (Å²) >= 11 is 0. The number of benzene rings is 1. The third-order valence-electron chi connectivity index (χ3n) is 6.11. The SMILES string of the molecule is O=C(NC1C2CCc3ccccc3C21)c1ccn(C2CCCNC2)n1. The van der Waals surface area contributed by atoms with Crippen LogP contribution >= 0.6 is 0 Å². The fraction of sp³-hybridized carbons (Fsp3) is 0.500. The Morgan fingerprint density at radius 1 is 1.24 bits per heavy atom. The van der Waals surface area contributed by atoms with Crippen molar-refractivity contribution in [2.24, 2.45) is 5.92 Å². The van der Waals surface area contributed by atoms with Crippen LogP contribution in [0, 0.1) is 5.92 Å². The van der Waals surface area contributed by atoms with Gasteiger partial charge in [0.05, 0.1) is 6.04 Å². The van der Waals surface area contributed by atoms with Gasteiger partial charge < -0.3 is 10.6 Å². The first-order chi connectivity index (χ1) is 12.3. The Labute approximate surface area is 147 Å². The summed E-state index contributed by atoms with van der Waals surface area (Å²) in [5.41, 5.74) is 3.43. The van der Waals surface area contributed by atoms with E-state index < -0.39 is 0 Å². The number of hydrogen-bond donors (Lipinski definition) is 2. The second-order valence-electron chi connectivity index (χ2n) is 7.61. The highest BCUT2D eigenvalue weighted by molar-refractivity contribution is 5.92. The van der Waals surface area contributed by atoms with Crippen LogP contribution in [0.25, 0.3) is 0 Å². The largest absolute Gasteiger partial charge is 0.347 e. The first-order valence-corrected chi connectivity index (χ1v) is 9.46. The summed E-state index contributed by atoms with van der Waals surface area (Å²) in [5.74, 6) is 1.07. The second-order valence-corrected chi connectivity index (χ2v) is 7.61. The van der Waals surface area contributed by atoms with Crippen LogP contribution in [0.1, 0.15) is 52.8 Å². The summed E-state index contributed by atoms with van der Waals surface area (Å²) in [7, 11) is 0. The lowest BCUT2D eigenvalue weighted by atomic mass is 9.92. The third-order valence-corrected chi connectivity index (χ3v) is 6.11. The van der Waals surface area contributed by atoms with Crippen molar-refractivity contribution in [2.75, 3.05) is 13.1 Å². The van der Waals surface area contributed by atoms with Gasteiger partial charge in [-0.1, -0.05) is 24.3 Å². The van der Waals surface area contributed by atoms with Crippen molar-refractivity contribution in [3.8, 4) is 0 Å². The number of amides is 1. The molecule has 25 heavy (non-hydrogen) atoms. The first kappa shape index (κ1) is 15.1. The first-order valence-electron chi connectivity index (χ1n) is 9.46. The Bertz CT molecular complexity index is 792. The lowest BCUT2D eigenvalue weighted by Gasteiger charge is -2.22. The van der Waals surface area contributed by atoms with E-state index in [4.69, 9.17) is 0 Å². The second kappa shape index (κ2) is 5.99. The van der Waals surface area contributed by atoms with E-state index in [9.17, 15) is 4.79 Å². The number of aryl methyl sites for hydroxylation is 1. The highest BCUT2D eigenvalue weighted by atomic mass is 16.2. The summed E-state index contributed by atoms with van der Waals surface area (Å²) in [5, 5.41) is 11.2. The molecule has 5 rings (SSSR count). The van der Waals surface area contributed by atoms with E-state index in [1.54, 1.807) is 0 Å². The maximum atomic E-state index is 12.6. The standard InChI is InChI=1S/C20H24N4O/c25-20(17-9-11-24(23-17)14-5-3-10-21-12-14)22-19-16-8-7-13-4-1-2-6-15(13)18(16)19/h1-2,4,6,9,11,14,16,18-19,21H,3,5,7-8,10,12H2,(H,22,25). The Kier molecular flexibility index (Phi) is 3.63. The molecule has 0 bridgehead atoms. The minimum absolute atomic E-state index is 0.0283. The van der Waals surface area contributed by atoms with Gasteiger partial charge >= 0.3 is 0 Å². The topological polar surface area (TPSA) is 59.0 Å². The zero-order valence-electron chi connectivity index (χ0n) is 14.3. The number of piperidine rings is 1.